The third-order valence-electron chi connectivity index (χ3n) is 2.38. The van der Waals surface area contributed by atoms with Crippen molar-refractivity contribution in [3.8, 4) is 0 Å². The molecule has 1 amide bonds. The summed E-state index contributed by atoms with van der Waals surface area (Å²) in [7, 11) is 0. The quantitative estimate of drug-likeness (QED) is 0.778. The molecule has 0 aliphatic heterocycles. The van der Waals surface area contributed by atoms with Gasteiger partial charge in [-0.1, -0.05) is 13.3 Å². The van der Waals surface area contributed by atoms with Crippen LogP contribution in [0.15, 0.2) is 24.5 Å². The number of rotatable bonds is 6. The summed E-state index contributed by atoms with van der Waals surface area (Å²) in [6.45, 7) is 3.72. The standard InChI is InChI=1S/C13H18N2O3/c1-3-4-10(2)15-12(16)9-18-13(17)11-5-7-14-8-6-11/h5-8,10H,3-4,9H2,1-2H3,(H,15,16). The Morgan fingerprint density at radius 2 is 2.06 bits per heavy atom. The summed E-state index contributed by atoms with van der Waals surface area (Å²) in [5.74, 6) is -0.797. The molecular weight excluding hydrogens is 232 g/mol. The third kappa shape index (κ3) is 4.95. The lowest BCUT2D eigenvalue weighted by atomic mass is 10.2. The van der Waals surface area contributed by atoms with Gasteiger partial charge >= 0.3 is 5.97 Å². The summed E-state index contributed by atoms with van der Waals surface area (Å²) in [6.07, 6.45) is 4.91. The summed E-state index contributed by atoms with van der Waals surface area (Å²) < 4.78 is 4.89. The molecule has 5 nitrogen and oxygen atoms in total. The van der Waals surface area contributed by atoms with Crippen molar-refractivity contribution in [3.05, 3.63) is 30.1 Å². The molecule has 0 aliphatic rings. The van der Waals surface area contributed by atoms with Crippen LogP contribution in [0, 0.1) is 0 Å². The van der Waals surface area contributed by atoms with Crippen LogP contribution in [-0.4, -0.2) is 29.5 Å². The van der Waals surface area contributed by atoms with Crippen LogP contribution in [0.3, 0.4) is 0 Å². The predicted molar refractivity (Wildman–Crippen MR) is 67.0 cm³/mol. The van der Waals surface area contributed by atoms with E-state index in [1.807, 2.05) is 13.8 Å². The highest BCUT2D eigenvalue weighted by molar-refractivity contribution is 5.91. The number of carbonyl (C=O) groups excluding carboxylic acids is 2. The first-order chi connectivity index (χ1) is 8.63. The lowest BCUT2D eigenvalue weighted by molar-refractivity contribution is -0.124. The Balaban J connectivity index is 2.33. The number of nitrogens with zero attached hydrogens (tertiary/aromatic N) is 1. The maximum atomic E-state index is 11.5. The molecule has 1 atom stereocenters. The zero-order chi connectivity index (χ0) is 13.4. The summed E-state index contributed by atoms with van der Waals surface area (Å²) in [5.41, 5.74) is 0.388. The van der Waals surface area contributed by atoms with E-state index in [4.69, 9.17) is 4.74 Å². The minimum Gasteiger partial charge on any atom is -0.452 e. The van der Waals surface area contributed by atoms with Crippen molar-refractivity contribution in [2.45, 2.75) is 32.7 Å². The molecule has 98 valence electrons. The second kappa shape index (κ2) is 7.42. The van der Waals surface area contributed by atoms with Crippen LogP contribution < -0.4 is 5.32 Å². The van der Waals surface area contributed by atoms with Gasteiger partial charge in [-0.15, -0.1) is 0 Å². The molecule has 1 N–H and O–H groups in total. The second-order valence-electron chi connectivity index (χ2n) is 4.07. The zero-order valence-corrected chi connectivity index (χ0v) is 10.7. The minimum absolute atomic E-state index is 0.0992. The molecule has 1 aromatic rings. The first-order valence-corrected chi connectivity index (χ1v) is 6.00. The van der Waals surface area contributed by atoms with E-state index < -0.39 is 5.97 Å². The monoisotopic (exact) mass is 250 g/mol. The van der Waals surface area contributed by atoms with Crippen LogP contribution in [0.25, 0.3) is 0 Å². The number of nitrogens with one attached hydrogen (secondary N) is 1. The molecule has 0 radical (unpaired) electrons. The fourth-order valence-electron chi connectivity index (χ4n) is 1.52. The van der Waals surface area contributed by atoms with Gasteiger partial charge in [-0.3, -0.25) is 9.78 Å². The van der Waals surface area contributed by atoms with Gasteiger partial charge in [0.05, 0.1) is 5.56 Å². The molecule has 0 spiro atoms. The lowest BCUT2D eigenvalue weighted by Gasteiger charge is -2.12. The first-order valence-electron chi connectivity index (χ1n) is 6.00. The Kier molecular flexibility index (Phi) is 5.84. The second-order valence-corrected chi connectivity index (χ2v) is 4.07. The van der Waals surface area contributed by atoms with Crippen molar-refractivity contribution in [2.24, 2.45) is 0 Å². The normalized spacial score (nSPS) is 11.7. The van der Waals surface area contributed by atoms with Crippen molar-refractivity contribution in [2.75, 3.05) is 6.61 Å². The van der Waals surface area contributed by atoms with Crippen LogP contribution in [0.2, 0.25) is 0 Å². The van der Waals surface area contributed by atoms with Gasteiger partial charge < -0.3 is 10.1 Å². The molecule has 1 heterocycles. The maximum absolute atomic E-state index is 11.5. The average Bonchev–Trinajstić information content (AvgIpc) is 2.37. The number of ether oxygens (including phenoxy) is 1. The van der Waals surface area contributed by atoms with E-state index in [2.05, 4.69) is 10.3 Å². The maximum Gasteiger partial charge on any atom is 0.338 e. The molecule has 0 aliphatic carbocycles. The highest BCUT2D eigenvalue weighted by Crippen LogP contribution is 1.99. The highest BCUT2D eigenvalue weighted by atomic mass is 16.5. The number of carbonyl (C=O) groups is 2. The van der Waals surface area contributed by atoms with Crippen molar-refractivity contribution >= 4 is 11.9 Å². The van der Waals surface area contributed by atoms with Gasteiger partial charge in [-0.05, 0) is 25.5 Å². The fourth-order valence-corrected chi connectivity index (χ4v) is 1.52. The van der Waals surface area contributed by atoms with Gasteiger partial charge in [0.2, 0.25) is 0 Å². The molecule has 1 aromatic heterocycles. The van der Waals surface area contributed by atoms with Crippen LogP contribution in [-0.2, 0) is 9.53 Å². The van der Waals surface area contributed by atoms with E-state index >= 15 is 0 Å². The van der Waals surface area contributed by atoms with Gasteiger partial charge in [-0.25, -0.2) is 4.79 Å². The van der Waals surface area contributed by atoms with Gasteiger partial charge in [0.1, 0.15) is 0 Å². The molecule has 1 unspecified atom stereocenters. The summed E-state index contributed by atoms with van der Waals surface area (Å²) in [5, 5.41) is 2.76. The van der Waals surface area contributed by atoms with Gasteiger partial charge in [0.15, 0.2) is 6.61 Å². The average molecular weight is 250 g/mol. The van der Waals surface area contributed by atoms with E-state index in [0.717, 1.165) is 12.8 Å². The van der Waals surface area contributed by atoms with Crippen LogP contribution in [0.4, 0.5) is 0 Å². The van der Waals surface area contributed by atoms with Crippen molar-refractivity contribution in [3.63, 3.8) is 0 Å². The zero-order valence-electron chi connectivity index (χ0n) is 10.7. The first kappa shape index (κ1) is 14.2. The van der Waals surface area contributed by atoms with E-state index in [9.17, 15) is 9.59 Å². The molecule has 18 heavy (non-hydrogen) atoms. The molecule has 1 rings (SSSR count). The molecule has 0 saturated carbocycles. The van der Waals surface area contributed by atoms with Crippen LogP contribution >= 0.6 is 0 Å². The Bertz CT molecular complexity index is 392. The number of hydrogen-bond acceptors (Lipinski definition) is 4. The Hall–Kier alpha value is -1.91. The number of pyridine rings is 1. The smallest absolute Gasteiger partial charge is 0.338 e. The molecular formula is C13H18N2O3. The predicted octanol–water partition coefficient (Wildman–Crippen LogP) is 1.54. The van der Waals surface area contributed by atoms with Gasteiger partial charge in [0, 0.05) is 18.4 Å². The number of amides is 1. The van der Waals surface area contributed by atoms with E-state index in [0.29, 0.717) is 5.56 Å². The molecule has 5 heteroatoms. The van der Waals surface area contributed by atoms with E-state index in [1.54, 1.807) is 12.1 Å². The fraction of sp³-hybridized carbons (Fsp3) is 0.462. The largest absolute Gasteiger partial charge is 0.452 e. The Morgan fingerprint density at radius 1 is 1.39 bits per heavy atom. The molecule has 0 aromatic carbocycles. The third-order valence-corrected chi connectivity index (χ3v) is 2.38. The summed E-state index contributed by atoms with van der Waals surface area (Å²) >= 11 is 0. The Labute approximate surface area is 107 Å². The molecule has 0 bridgehead atoms. The molecule has 0 fully saturated rings. The summed E-state index contributed by atoms with van der Waals surface area (Å²) in [4.78, 5) is 26.8. The van der Waals surface area contributed by atoms with Crippen molar-refractivity contribution in [1.29, 1.82) is 0 Å². The van der Waals surface area contributed by atoms with E-state index in [1.165, 1.54) is 12.4 Å². The van der Waals surface area contributed by atoms with Crippen molar-refractivity contribution < 1.29 is 14.3 Å². The summed E-state index contributed by atoms with van der Waals surface area (Å²) in [6, 6.07) is 3.18. The van der Waals surface area contributed by atoms with Crippen LogP contribution in [0.1, 0.15) is 37.0 Å². The molecule has 0 saturated heterocycles. The SMILES string of the molecule is CCCC(C)NC(=O)COC(=O)c1ccncc1. The van der Waals surface area contributed by atoms with E-state index in [-0.39, 0.29) is 18.6 Å². The van der Waals surface area contributed by atoms with Gasteiger partial charge in [0.25, 0.3) is 5.91 Å². The van der Waals surface area contributed by atoms with Crippen molar-refractivity contribution in [1.82, 2.24) is 10.3 Å². The number of aromatic nitrogens is 1. The number of esters is 1. The van der Waals surface area contributed by atoms with Gasteiger partial charge in [-0.2, -0.15) is 0 Å². The minimum atomic E-state index is -0.518. The van der Waals surface area contributed by atoms with Crippen LogP contribution in [0.5, 0.6) is 0 Å². The lowest BCUT2D eigenvalue weighted by Crippen LogP contribution is -2.35. The topological polar surface area (TPSA) is 68.3 Å². The Morgan fingerprint density at radius 3 is 2.67 bits per heavy atom. The number of hydrogen-bond donors (Lipinski definition) is 1. The highest BCUT2D eigenvalue weighted by Gasteiger charge is 2.11.